The van der Waals surface area contributed by atoms with Crippen LogP contribution < -0.4 is 31.1 Å². The molecule has 4 heteroatoms. The van der Waals surface area contributed by atoms with E-state index in [1.54, 1.807) is 0 Å². The van der Waals surface area contributed by atoms with Gasteiger partial charge in [-0.15, -0.1) is 0 Å². The van der Waals surface area contributed by atoms with Gasteiger partial charge in [0.25, 0.3) is 6.71 Å². The Morgan fingerprint density at radius 2 is 0.803 bits per heavy atom. The first kappa shape index (κ1) is 46.6. The molecular formula is C67H70BN3. The molecule has 0 saturated heterocycles. The highest BCUT2D eigenvalue weighted by atomic mass is 15.2. The summed E-state index contributed by atoms with van der Waals surface area (Å²) in [6.07, 6.45) is 0. The van der Waals surface area contributed by atoms with Crippen LogP contribution in [-0.4, -0.2) is 6.71 Å². The topological polar surface area (TPSA) is 9.72 Å². The minimum absolute atomic E-state index is 0.00340. The molecule has 0 N–H and O–H groups in total. The zero-order valence-corrected chi connectivity index (χ0v) is 44.6. The fraction of sp³-hybridized carbons (Fsp3) is 0.284. The average molecular weight is 928 g/mol. The van der Waals surface area contributed by atoms with E-state index in [2.05, 4.69) is 281 Å². The van der Waals surface area contributed by atoms with E-state index in [-0.39, 0.29) is 33.8 Å². The quantitative estimate of drug-likeness (QED) is 0.159. The summed E-state index contributed by atoms with van der Waals surface area (Å²) < 4.78 is 0. The highest BCUT2D eigenvalue weighted by molar-refractivity contribution is 7.00. The smallest absolute Gasteiger partial charge is 0.252 e. The molecule has 0 fully saturated rings. The maximum atomic E-state index is 2.59. The van der Waals surface area contributed by atoms with Gasteiger partial charge in [-0.25, -0.2) is 0 Å². The van der Waals surface area contributed by atoms with Gasteiger partial charge in [0, 0.05) is 56.6 Å². The molecule has 0 saturated carbocycles. The van der Waals surface area contributed by atoms with Crippen LogP contribution in [0.4, 0.5) is 51.2 Å². The molecule has 0 spiro atoms. The van der Waals surface area contributed by atoms with Crippen LogP contribution in [0.25, 0.3) is 11.1 Å². The predicted molar refractivity (Wildman–Crippen MR) is 308 cm³/mol. The molecule has 0 radical (unpaired) electrons. The minimum Gasteiger partial charge on any atom is -0.311 e. The Labute approximate surface area is 425 Å². The van der Waals surface area contributed by atoms with Crippen molar-refractivity contribution in [2.24, 2.45) is 0 Å². The Kier molecular flexibility index (Phi) is 10.6. The molecule has 356 valence electrons. The average Bonchev–Trinajstić information content (AvgIpc) is 3.55. The van der Waals surface area contributed by atoms with Crippen LogP contribution in [0.1, 0.15) is 130 Å². The van der Waals surface area contributed by atoms with Crippen LogP contribution >= 0.6 is 0 Å². The number of fused-ring (bicyclic) bond motifs is 7. The van der Waals surface area contributed by atoms with Crippen LogP contribution in [-0.2, 0) is 27.1 Å². The Hall–Kier alpha value is -6.78. The maximum absolute atomic E-state index is 2.59. The lowest BCUT2D eigenvalue weighted by molar-refractivity contribution is 0.590. The van der Waals surface area contributed by atoms with Crippen molar-refractivity contribution in [3.63, 3.8) is 0 Å². The van der Waals surface area contributed by atoms with Crippen molar-refractivity contribution in [3.05, 3.63) is 203 Å². The SMILES string of the molecule is CC(C)(C)c1ccc(N(c2ccc(C(C)(C)C)cc2)c2ccc3c(c2)N(c2ccc(C(C)(C)C)cc2)c2cccc4c2B3c2ccc(C(C)(C)C)cc2N4c2ccc3c(c2)C(C)(C)c2ccccc2-3)cc1. The number of nitrogens with zero attached hydrogens (tertiary/aromatic N) is 3. The van der Waals surface area contributed by atoms with Crippen molar-refractivity contribution in [3.8, 4) is 11.1 Å². The molecule has 71 heavy (non-hydrogen) atoms. The zero-order valence-electron chi connectivity index (χ0n) is 44.6. The predicted octanol–water partition coefficient (Wildman–Crippen LogP) is 16.7. The fourth-order valence-corrected chi connectivity index (χ4v) is 11.7. The lowest BCUT2D eigenvalue weighted by atomic mass is 9.33. The van der Waals surface area contributed by atoms with E-state index in [1.165, 1.54) is 89.3 Å². The van der Waals surface area contributed by atoms with Crippen molar-refractivity contribution >= 4 is 74.3 Å². The summed E-state index contributed by atoms with van der Waals surface area (Å²) in [5.41, 5.74) is 25.2. The number of benzene rings is 8. The molecule has 1 aliphatic carbocycles. The van der Waals surface area contributed by atoms with Crippen LogP contribution in [0.15, 0.2) is 170 Å². The molecule has 3 aliphatic rings. The van der Waals surface area contributed by atoms with Gasteiger partial charge in [-0.2, -0.15) is 0 Å². The van der Waals surface area contributed by atoms with E-state index in [9.17, 15) is 0 Å². The van der Waals surface area contributed by atoms with Gasteiger partial charge in [0.05, 0.1) is 0 Å². The molecule has 0 aromatic heterocycles. The monoisotopic (exact) mass is 928 g/mol. The zero-order chi connectivity index (χ0) is 50.2. The van der Waals surface area contributed by atoms with E-state index in [0.717, 1.165) is 22.7 Å². The molecule has 0 bridgehead atoms. The van der Waals surface area contributed by atoms with E-state index < -0.39 is 0 Å². The third kappa shape index (κ3) is 7.72. The van der Waals surface area contributed by atoms with Crippen molar-refractivity contribution in [1.29, 1.82) is 0 Å². The minimum atomic E-state index is -0.129. The van der Waals surface area contributed by atoms with E-state index in [1.807, 2.05) is 0 Å². The van der Waals surface area contributed by atoms with Gasteiger partial charge in [0.15, 0.2) is 0 Å². The van der Waals surface area contributed by atoms with E-state index >= 15 is 0 Å². The third-order valence-electron chi connectivity index (χ3n) is 15.9. The molecule has 8 aromatic carbocycles. The fourth-order valence-electron chi connectivity index (χ4n) is 11.7. The first-order chi connectivity index (χ1) is 33.5. The molecule has 0 amide bonds. The lowest BCUT2D eigenvalue weighted by Gasteiger charge is -2.45. The number of hydrogen-bond acceptors (Lipinski definition) is 3. The Bertz CT molecular complexity index is 3310. The molecule has 3 nitrogen and oxygen atoms in total. The van der Waals surface area contributed by atoms with Gasteiger partial charge in [0.1, 0.15) is 0 Å². The molecular weight excluding hydrogens is 858 g/mol. The van der Waals surface area contributed by atoms with Gasteiger partial charge in [0.2, 0.25) is 0 Å². The van der Waals surface area contributed by atoms with Crippen LogP contribution in [0.3, 0.4) is 0 Å². The molecule has 0 atom stereocenters. The van der Waals surface area contributed by atoms with E-state index in [0.29, 0.717) is 0 Å². The first-order valence-electron chi connectivity index (χ1n) is 25.9. The highest BCUT2D eigenvalue weighted by Crippen LogP contribution is 2.52. The van der Waals surface area contributed by atoms with Crippen molar-refractivity contribution in [2.75, 3.05) is 14.7 Å². The van der Waals surface area contributed by atoms with Gasteiger partial charge in [-0.3, -0.25) is 0 Å². The standard InChI is InChI=1S/C67H70BN3/c1-63(2,3)43-22-29-47(30-23-43)69(48-31-24-44(25-32-48)64(4,5)6)51-36-39-57-61(42-51)70(49-33-26-45(27-34-49)65(7,8)9)58-20-17-21-59-62(58)68(57)56-38-28-46(66(10,11)12)40-60(56)71(59)50-35-37-53-52-18-15-16-19-54(52)67(13,14)55(53)41-50/h15-42H,1-14H3. The summed E-state index contributed by atoms with van der Waals surface area (Å²) in [4.78, 5) is 7.59. The summed E-state index contributed by atoms with van der Waals surface area (Å²) in [5, 5.41) is 0. The molecule has 11 rings (SSSR count). The van der Waals surface area contributed by atoms with Crippen LogP contribution in [0.2, 0.25) is 0 Å². The molecule has 2 aliphatic heterocycles. The van der Waals surface area contributed by atoms with E-state index in [4.69, 9.17) is 0 Å². The molecule has 0 unspecified atom stereocenters. The second kappa shape index (κ2) is 16.1. The van der Waals surface area contributed by atoms with Crippen LogP contribution in [0, 0.1) is 0 Å². The van der Waals surface area contributed by atoms with Crippen LogP contribution in [0.5, 0.6) is 0 Å². The summed E-state index contributed by atoms with van der Waals surface area (Å²) in [5.74, 6) is 0. The second-order valence-electron chi connectivity index (χ2n) is 25.2. The Morgan fingerprint density at radius 3 is 1.35 bits per heavy atom. The largest absolute Gasteiger partial charge is 0.311 e. The number of hydrogen-bond donors (Lipinski definition) is 0. The molecule has 8 aromatic rings. The number of rotatable bonds is 5. The molecule has 2 heterocycles. The summed E-state index contributed by atoms with van der Waals surface area (Å²) >= 11 is 0. The van der Waals surface area contributed by atoms with Gasteiger partial charge >= 0.3 is 0 Å². The first-order valence-corrected chi connectivity index (χ1v) is 25.9. The Balaban J connectivity index is 1.15. The van der Waals surface area contributed by atoms with Gasteiger partial charge in [-0.05, 0) is 161 Å². The second-order valence-corrected chi connectivity index (χ2v) is 25.2. The van der Waals surface area contributed by atoms with Gasteiger partial charge < -0.3 is 14.7 Å². The summed E-state index contributed by atoms with van der Waals surface area (Å²) in [6, 6.07) is 65.7. The van der Waals surface area contributed by atoms with Crippen molar-refractivity contribution in [2.45, 2.75) is 124 Å². The summed E-state index contributed by atoms with van der Waals surface area (Å²) in [7, 11) is 0. The summed E-state index contributed by atoms with van der Waals surface area (Å²) in [6.45, 7) is 32.4. The lowest BCUT2D eigenvalue weighted by Crippen LogP contribution is -2.61. The van der Waals surface area contributed by atoms with Crippen molar-refractivity contribution < 1.29 is 0 Å². The third-order valence-corrected chi connectivity index (χ3v) is 15.9. The number of anilines is 9. The maximum Gasteiger partial charge on any atom is 0.252 e. The Morgan fingerprint density at radius 1 is 0.366 bits per heavy atom. The normalized spacial score (nSPS) is 14.6. The highest BCUT2D eigenvalue weighted by Gasteiger charge is 2.45. The van der Waals surface area contributed by atoms with Crippen molar-refractivity contribution in [1.82, 2.24) is 0 Å². The van der Waals surface area contributed by atoms with Gasteiger partial charge in [-0.1, -0.05) is 188 Å².